The van der Waals surface area contributed by atoms with Crippen LogP contribution >= 0.6 is 0 Å². The van der Waals surface area contributed by atoms with Crippen LogP contribution in [0.15, 0.2) is 12.2 Å². The number of hydrogen-bond acceptors (Lipinski definition) is 6. The maximum Gasteiger partial charge on any atom is 0.235 e. The molecule has 6 heteroatoms. The van der Waals surface area contributed by atoms with Crippen LogP contribution in [-0.2, 0) is 19.2 Å². The molecule has 0 fully saturated rings. The van der Waals surface area contributed by atoms with E-state index in [-0.39, 0.29) is 18.1 Å². The number of aldehydes is 2. The highest BCUT2D eigenvalue weighted by molar-refractivity contribution is 6.34. The summed E-state index contributed by atoms with van der Waals surface area (Å²) in [5.74, 6) is -1.50. The third-order valence-electron chi connectivity index (χ3n) is 2.14. The van der Waals surface area contributed by atoms with Crippen LogP contribution in [0, 0.1) is 28.1 Å². The lowest BCUT2D eigenvalue weighted by molar-refractivity contribution is -0.134. The van der Waals surface area contributed by atoms with E-state index >= 15 is 0 Å². The van der Waals surface area contributed by atoms with Crippen molar-refractivity contribution in [2.75, 3.05) is 0 Å². The van der Waals surface area contributed by atoms with Crippen molar-refractivity contribution in [3.63, 3.8) is 0 Å². The van der Waals surface area contributed by atoms with Gasteiger partial charge in [-0.15, -0.1) is 0 Å². The topological polar surface area (TPSA) is 116 Å². The molecule has 0 aliphatic carbocycles. The average molecular weight is 248 g/mol. The zero-order valence-electron chi connectivity index (χ0n) is 10.1. The maximum atomic E-state index is 10.7. The first-order valence-corrected chi connectivity index (χ1v) is 4.82. The number of Topliss-reactive ketones (excluding diaryl/α,β-unsaturated/α-hetero) is 2. The lowest BCUT2D eigenvalue weighted by atomic mass is 9.85. The van der Waals surface area contributed by atoms with Crippen LogP contribution in [0.2, 0.25) is 0 Å². The Bertz CT molecular complexity index is 454. The predicted molar refractivity (Wildman–Crippen MR) is 60.9 cm³/mol. The van der Waals surface area contributed by atoms with Crippen molar-refractivity contribution in [3.05, 3.63) is 12.2 Å². The third-order valence-corrected chi connectivity index (χ3v) is 2.14. The molecule has 0 saturated carbocycles. The van der Waals surface area contributed by atoms with Gasteiger partial charge < -0.3 is 0 Å². The van der Waals surface area contributed by atoms with Gasteiger partial charge in [-0.1, -0.05) is 13.5 Å². The van der Waals surface area contributed by atoms with E-state index in [9.17, 15) is 19.2 Å². The van der Waals surface area contributed by atoms with Gasteiger partial charge in [0.25, 0.3) is 0 Å². The molecule has 0 bridgehead atoms. The van der Waals surface area contributed by atoms with Crippen molar-refractivity contribution in [2.45, 2.75) is 20.3 Å². The molecule has 6 nitrogen and oxygen atoms in total. The quantitative estimate of drug-likeness (QED) is 0.303. The number of hydrogen-bond donors (Lipinski definition) is 0. The first-order chi connectivity index (χ1) is 8.32. The second kappa shape index (κ2) is 8.54. The minimum atomic E-state index is -1.11. The smallest absolute Gasteiger partial charge is 0.235 e. The molecule has 0 saturated heterocycles. The molecule has 0 aromatic rings. The third kappa shape index (κ3) is 5.47. The van der Waals surface area contributed by atoms with E-state index in [1.807, 2.05) is 0 Å². The second-order valence-corrected chi connectivity index (χ2v) is 3.35. The molecule has 18 heavy (non-hydrogen) atoms. The van der Waals surface area contributed by atoms with Crippen molar-refractivity contribution in [2.24, 2.45) is 5.41 Å². The van der Waals surface area contributed by atoms with Gasteiger partial charge in [0, 0.05) is 0 Å². The van der Waals surface area contributed by atoms with Gasteiger partial charge in [0.15, 0.2) is 12.6 Å². The van der Waals surface area contributed by atoms with Gasteiger partial charge in [-0.05, 0) is 13.3 Å². The minimum absolute atomic E-state index is 0.0611. The number of ketones is 2. The molecule has 0 aromatic heterocycles. The SMILES string of the molecule is C=C(C#N)C(=O)C=O.CCC(C)(C#N)C(=O)C=O. The van der Waals surface area contributed by atoms with Gasteiger partial charge in [-0.25, -0.2) is 0 Å². The summed E-state index contributed by atoms with van der Waals surface area (Å²) in [7, 11) is 0. The predicted octanol–water partition coefficient (Wildman–Crippen LogP) is 0.528. The highest BCUT2D eigenvalue weighted by Gasteiger charge is 2.30. The van der Waals surface area contributed by atoms with Crippen molar-refractivity contribution in [3.8, 4) is 12.1 Å². The molecule has 94 valence electrons. The zero-order chi connectivity index (χ0) is 14.8. The highest BCUT2D eigenvalue weighted by Crippen LogP contribution is 2.19. The molecule has 0 aliphatic heterocycles. The van der Waals surface area contributed by atoms with Crippen molar-refractivity contribution < 1.29 is 19.2 Å². The van der Waals surface area contributed by atoms with Gasteiger partial charge in [0.2, 0.25) is 11.6 Å². The molecule has 0 N–H and O–H groups in total. The molecule has 0 amide bonds. The van der Waals surface area contributed by atoms with Crippen LogP contribution < -0.4 is 0 Å². The second-order valence-electron chi connectivity index (χ2n) is 3.35. The first-order valence-electron chi connectivity index (χ1n) is 4.82. The molecule has 0 spiro atoms. The van der Waals surface area contributed by atoms with E-state index in [0.29, 0.717) is 6.42 Å². The minimum Gasteiger partial charge on any atom is -0.295 e. The van der Waals surface area contributed by atoms with E-state index in [0.717, 1.165) is 0 Å². The fourth-order valence-corrected chi connectivity index (χ4v) is 0.565. The van der Waals surface area contributed by atoms with Gasteiger partial charge in [-0.3, -0.25) is 19.2 Å². The monoisotopic (exact) mass is 248 g/mol. The van der Waals surface area contributed by atoms with Crippen LogP contribution in [0.1, 0.15) is 20.3 Å². The zero-order valence-corrected chi connectivity index (χ0v) is 10.1. The van der Waals surface area contributed by atoms with Crippen LogP contribution in [0.4, 0.5) is 0 Å². The Kier molecular flexibility index (Phi) is 8.44. The van der Waals surface area contributed by atoms with Crippen LogP contribution in [0.5, 0.6) is 0 Å². The lowest BCUT2D eigenvalue weighted by Crippen LogP contribution is -2.25. The largest absolute Gasteiger partial charge is 0.295 e. The number of nitriles is 2. The normalized spacial score (nSPS) is 11.3. The van der Waals surface area contributed by atoms with Gasteiger partial charge in [0.05, 0.1) is 11.6 Å². The number of allylic oxidation sites excluding steroid dienone is 1. The Morgan fingerprint density at radius 2 is 1.78 bits per heavy atom. The van der Waals surface area contributed by atoms with E-state index in [1.54, 1.807) is 13.0 Å². The van der Waals surface area contributed by atoms with Crippen molar-refractivity contribution >= 4 is 24.1 Å². The molecule has 0 rings (SSSR count). The summed E-state index contributed by atoms with van der Waals surface area (Å²) < 4.78 is 0. The molecule has 0 radical (unpaired) electrons. The summed E-state index contributed by atoms with van der Waals surface area (Å²) in [5.41, 5.74) is -1.43. The number of carbonyl (C=O) groups excluding carboxylic acids is 4. The summed E-state index contributed by atoms with van der Waals surface area (Å²) in [5, 5.41) is 16.4. The van der Waals surface area contributed by atoms with Crippen LogP contribution in [-0.4, -0.2) is 24.1 Å². The van der Waals surface area contributed by atoms with Crippen LogP contribution in [0.3, 0.4) is 0 Å². The molecule has 0 heterocycles. The van der Waals surface area contributed by atoms with Gasteiger partial charge in [0.1, 0.15) is 11.5 Å². The Hall–Kier alpha value is -2.60. The Balaban J connectivity index is 0. The van der Waals surface area contributed by atoms with E-state index in [4.69, 9.17) is 10.5 Å². The number of carbonyl (C=O) groups is 4. The van der Waals surface area contributed by atoms with Gasteiger partial charge in [-0.2, -0.15) is 10.5 Å². The fourth-order valence-electron chi connectivity index (χ4n) is 0.565. The molecular weight excluding hydrogens is 236 g/mol. The molecule has 0 aliphatic rings. The highest BCUT2D eigenvalue weighted by atomic mass is 16.2. The molecule has 1 atom stereocenters. The summed E-state index contributed by atoms with van der Waals surface area (Å²) >= 11 is 0. The van der Waals surface area contributed by atoms with Crippen molar-refractivity contribution in [1.29, 1.82) is 10.5 Å². The van der Waals surface area contributed by atoms with Crippen LogP contribution in [0.25, 0.3) is 0 Å². The summed E-state index contributed by atoms with van der Waals surface area (Å²) in [6.07, 6.45) is 0.638. The summed E-state index contributed by atoms with van der Waals surface area (Å²) in [6.45, 7) is 6.16. The molecule has 1 unspecified atom stereocenters. The fraction of sp³-hybridized carbons (Fsp3) is 0.333. The molecule has 0 aromatic carbocycles. The first kappa shape index (κ1) is 17.8. The Morgan fingerprint density at radius 3 is 1.89 bits per heavy atom. The number of nitrogens with zero attached hydrogens (tertiary/aromatic N) is 2. The molecular formula is C12H12N2O4. The Labute approximate surface area is 105 Å². The van der Waals surface area contributed by atoms with Gasteiger partial charge >= 0.3 is 0 Å². The Morgan fingerprint density at radius 1 is 1.28 bits per heavy atom. The summed E-state index contributed by atoms with van der Waals surface area (Å²) in [4.78, 5) is 40.3. The summed E-state index contributed by atoms with van der Waals surface area (Å²) in [6, 6.07) is 3.24. The maximum absolute atomic E-state index is 10.7. The van der Waals surface area contributed by atoms with E-state index in [1.165, 1.54) is 13.0 Å². The van der Waals surface area contributed by atoms with Crippen molar-refractivity contribution in [1.82, 2.24) is 0 Å². The lowest BCUT2D eigenvalue weighted by Gasteiger charge is -2.12. The standard InChI is InChI=1S/C7H9NO2.C5H3NO2/c1-3-7(2,5-8)6(10)4-9;1-4(2-6)5(8)3-7/h4H,3H2,1-2H3;3H,1H2. The van der Waals surface area contributed by atoms with E-state index < -0.39 is 17.0 Å². The average Bonchev–Trinajstić information content (AvgIpc) is 2.44. The van der Waals surface area contributed by atoms with E-state index in [2.05, 4.69) is 6.58 Å². The number of rotatable bonds is 5.